The van der Waals surface area contributed by atoms with Gasteiger partial charge < -0.3 is 10.6 Å². The van der Waals surface area contributed by atoms with Gasteiger partial charge in [0, 0.05) is 30.2 Å². The highest BCUT2D eigenvalue weighted by Crippen LogP contribution is 2.23. The second-order valence-electron chi connectivity index (χ2n) is 5.04. The Kier molecular flexibility index (Phi) is 4.01. The third-order valence-corrected chi connectivity index (χ3v) is 3.35. The minimum absolute atomic E-state index is 0.905. The van der Waals surface area contributed by atoms with Gasteiger partial charge in [0.25, 0.3) is 0 Å². The van der Waals surface area contributed by atoms with Crippen LogP contribution >= 0.6 is 0 Å². The zero-order valence-corrected chi connectivity index (χ0v) is 12.1. The Morgan fingerprint density at radius 3 is 2.57 bits per heavy atom. The number of benzene rings is 2. The maximum absolute atomic E-state index is 4.32. The molecule has 2 aromatic carbocycles. The molecule has 0 saturated carbocycles. The maximum Gasteiger partial charge on any atom is 0.127 e. The molecule has 0 aliphatic rings. The Morgan fingerprint density at radius 1 is 0.905 bits per heavy atom. The highest BCUT2D eigenvalue weighted by atomic mass is 15.0. The van der Waals surface area contributed by atoms with Gasteiger partial charge in [-0.15, -0.1) is 0 Å². The summed E-state index contributed by atoms with van der Waals surface area (Å²) in [4.78, 5) is 4.32. The molecule has 0 radical (unpaired) electrons. The van der Waals surface area contributed by atoms with Crippen molar-refractivity contribution in [2.75, 3.05) is 17.2 Å². The highest BCUT2D eigenvalue weighted by Gasteiger charge is 1.99. The van der Waals surface area contributed by atoms with Crippen LogP contribution in [-0.4, -0.2) is 11.5 Å². The first-order valence-electron chi connectivity index (χ1n) is 7.31. The zero-order chi connectivity index (χ0) is 14.5. The Labute approximate surface area is 125 Å². The van der Waals surface area contributed by atoms with E-state index in [0.717, 1.165) is 30.2 Å². The average molecular weight is 277 g/mol. The summed E-state index contributed by atoms with van der Waals surface area (Å²) in [5.74, 6) is 0.905. The van der Waals surface area contributed by atoms with Crippen molar-refractivity contribution in [1.29, 1.82) is 0 Å². The topological polar surface area (TPSA) is 37.0 Å². The van der Waals surface area contributed by atoms with Gasteiger partial charge in [-0.25, -0.2) is 4.98 Å². The summed E-state index contributed by atoms with van der Waals surface area (Å²) < 4.78 is 0. The molecule has 0 spiro atoms. The van der Waals surface area contributed by atoms with Crippen LogP contribution in [0.25, 0.3) is 10.8 Å². The van der Waals surface area contributed by atoms with Crippen molar-refractivity contribution in [2.45, 2.75) is 13.3 Å². The summed E-state index contributed by atoms with van der Waals surface area (Å²) in [6.07, 6.45) is 2.91. The number of hydrogen-bond donors (Lipinski definition) is 2. The van der Waals surface area contributed by atoms with E-state index in [2.05, 4.69) is 65.0 Å². The normalized spacial score (nSPS) is 10.5. The number of nitrogens with zero attached hydrogens (tertiary/aromatic N) is 1. The monoisotopic (exact) mass is 277 g/mol. The van der Waals surface area contributed by atoms with Crippen LogP contribution < -0.4 is 10.6 Å². The summed E-state index contributed by atoms with van der Waals surface area (Å²) in [6.45, 7) is 3.08. The van der Waals surface area contributed by atoms with Crippen LogP contribution in [0.5, 0.6) is 0 Å². The molecule has 2 N–H and O–H groups in total. The molecule has 1 aromatic heterocycles. The molecule has 3 nitrogen and oxygen atoms in total. The van der Waals surface area contributed by atoms with Crippen molar-refractivity contribution in [3.63, 3.8) is 0 Å². The van der Waals surface area contributed by atoms with Gasteiger partial charge in [0.05, 0.1) is 0 Å². The van der Waals surface area contributed by atoms with Gasteiger partial charge in [-0.1, -0.05) is 37.3 Å². The van der Waals surface area contributed by atoms with Crippen LogP contribution in [0, 0.1) is 0 Å². The second kappa shape index (κ2) is 6.27. The first kappa shape index (κ1) is 13.4. The molecule has 3 heteroatoms. The molecule has 0 aliphatic carbocycles. The standard InChI is InChI=1S/C18H19N3/c1-2-10-19-18-13-17(9-11-20-18)21-16-8-7-14-5-3-4-6-15(14)12-16/h3-9,11-13H,2,10H2,1H3,(H2,19,20,21). The fourth-order valence-corrected chi connectivity index (χ4v) is 2.29. The van der Waals surface area contributed by atoms with Crippen LogP contribution in [-0.2, 0) is 0 Å². The van der Waals surface area contributed by atoms with Gasteiger partial charge in [-0.3, -0.25) is 0 Å². The molecule has 0 unspecified atom stereocenters. The molecule has 3 rings (SSSR count). The van der Waals surface area contributed by atoms with E-state index in [1.807, 2.05) is 18.3 Å². The van der Waals surface area contributed by atoms with E-state index in [1.165, 1.54) is 10.8 Å². The van der Waals surface area contributed by atoms with Crippen molar-refractivity contribution in [2.24, 2.45) is 0 Å². The lowest BCUT2D eigenvalue weighted by Gasteiger charge is -2.10. The van der Waals surface area contributed by atoms with Crippen molar-refractivity contribution >= 4 is 28.0 Å². The smallest absolute Gasteiger partial charge is 0.127 e. The molecule has 0 saturated heterocycles. The van der Waals surface area contributed by atoms with Crippen molar-refractivity contribution in [1.82, 2.24) is 4.98 Å². The summed E-state index contributed by atoms with van der Waals surface area (Å²) >= 11 is 0. The number of hydrogen-bond acceptors (Lipinski definition) is 3. The van der Waals surface area contributed by atoms with E-state index in [9.17, 15) is 0 Å². The predicted molar refractivity (Wildman–Crippen MR) is 90.2 cm³/mol. The van der Waals surface area contributed by atoms with Gasteiger partial charge >= 0.3 is 0 Å². The Bertz CT molecular complexity index is 737. The minimum Gasteiger partial charge on any atom is -0.370 e. The Balaban J connectivity index is 1.81. The van der Waals surface area contributed by atoms with E-state index in [1.54, 1.807) is 0 Å². The molecule has 0 atom stereocenters. The van der Waals surface area contributed by atoms with Crippen molar-refractivity contribution < 1.29 is 0 Å². The summed E-state index contributed by atoms with van der Waals surface area (Å²) in [5.41, 5.74) is 2.13. The Hall–Kier alpha value is -2.55. The van der Waals surface area contributed by atoms with E-state index in [0.29, 0.717) is 0 Å². The lowest BCUT2D eigenvalue weighted by molar-refractivity contribution is 0.969. The SMILES string of the molecule is CCCNc1cc(Nc2ccc3ccccc3c2)ccn1. The lowest BCUT2D eigenvalue weighted by Crippen LogP contribution is -2.02. The van der Waals surface area contributed by atoms with Gasteiger partial charge in [-0.2, -0.15) is 0 Å². The third kappa shape index (κ3) is 3.31. The molecule has 0 bridgehead atoms. The van der Waals surface area contributed by atoms with Crippen molar-refractivity contribution in [3.05, 3.63) is 60.8 Å². The molecule has 0 aliphatic heterocycles. The van der Waals surface area contributed by atoms with E-state index in [-0.39, 0.29) is 0 Å². The number of aromatic nitrogens is 1. The van der Waals surface area contributed by atoms with Crippen LogP contribution in [0.4, 0.5) is 17.2 Å². The average Bonchev–Trinajstić information content (AvgIpc) is 2.53. The van der Waals surface area contributed by atoms with Crippen LogP contribution in [0.15, 0.2) is 60.8 Å². The Morgan fingerprint density at radius 2 is 1.71 bits per heavy atom. The zero-order valence-electron chi connectivity index (χ0n) is 12.1. The van der Waals surface area contributed by atoms with Gasteiger partial charge in [0.15, 0.2) is 0 Å². The van der Waals surface area contributed by atoms with Gasteiger partial charge in [0.1, 0.15) is 5.82 Å². The molecular formula is C18H19N3. The summed E-state index contributed by atoms with van der Waals surface area (Å²) in [7, 11) is 0. The van der Waals surface area contributed by atoms with Crippen LogP contribution in [0.2, 0.25) is 0 Å². The van der Waals surface area contributed by atoms with Crippen LogP contribution in [0.3, 0.4) is 0 Å². The largest absolute Gasteiger partial charge is 0.370 e. The number of anilines is 3. The highest BCUT2D eigenvalue weighted by molar-refractivity contribution is 5.86. The van der Waals surface area contributed by atoms with Gasteiger partial charge in [-0.05, 0) is 35.4 Å². The molecule has 0 fully saturated rings. The fourth-order valence-electron chi connectivity index (χ4n) is 2.29. The minimum atomic E-state index is 0.905. The number of pyridine rings is 1. The van der Waals surface area contributed by atoms with E-state index in [4.69, 9.17) is 0 Å². The first-order valence-corrected chi connectivity index (χ1v) is 7.31. The third-order valence-electron chi connectivity index (χ3n) is 3.35. The summed E-state index contributed by atoms with van der Waals surface area (Å²) in [5, 5.41) is 9.22. The van der Waals surface area contributed by atoms with Crippen molar-refractivity contribution in [3.8, 4) is 0 Å². The molecule has 21 heavy (non-hydrogen) atoms. The van der Waals surface area contributed by atoms with E-state index < -0.39 is 0 Å². The molecule has 106 valence electrons. The molecule has 3 aromatic rings. The number of fused-ring (bicyclic) bond motifs is 1. The molecule has 0 amide bonds. The van der Waals surface area contributed by atoms with Gasteiger partial charge in [0.2, 0.25) is 0 Å². The number of rotatable bonds is 5. The molecule has 1 heterocycles. The fraction of sp³-hybridized carbons (Fsp3) is 0.167. The lowest BCUT2D eigenvalue weighted by atomic mass is 10.1. The molecular weight excluding hydrogens is 258 g/mol. The maximum atomic E-state index is 4.32. The predicted octanol–water partition coefficient (Wildman–Crippen LogP) is 4.80. The summed E-state index contributed by atoms with van der Waals surface area (Å²) in [6, 6.07) is 18.8. The van der Waals surface area contributed by atoms with E-state index >= 15 is 0 Å². The van der Waals surface area contributed by atoms with Crippen LogP contribution in [0.1, 0.15) is 13.3 Å². The second-order valence-corrected chi connectivity index (χ2v) is 5.04. The number of nitrogens with one attached hydrogen (secondary N) is 2. The quantitative estimate of drug-likeness (QED) is 0.703. The first-order chi connectivity index (χ1) is 10.3.